The Labute approximate surface area is 175 Å². The van der Waals surface area contributed by atoms with Crippen LogP contribution in [-0.2, 0) is 0 Å². The van der Waals surface area contributed by atoms with Crippen molar-refractivity contribution in [1.82, 2.24) is 4.90 Å². The van der Waals surface area contributed by atoms with Crippen molar-refractivity contribution in [2.45, 2.75) is 56.1 Å². The number of aliphatic hydroxyl groups is 1. The number of nitrogens with two attached hydrogens (primary N) is 1. The third-order valence-corrected chi connectivity index (χ3v) is 6.29. The van der Waals surface area contributed by atoms with Gasteiger partial charge in [-0.2, -0.15) is 0 Å². The van der Waals surface area contributed by atoms with Crippen LogP contribution in [0.3, 0.4) is 0 Å². The summed E-state index contributed by atoms with van der Waals surface area (Å²) in [6, 6.07) is 15.5. The Morgan fingerprint density at radius 1 is 1.04 bits per heavy atom. The predicted molar refractivity (Wildman–Crippen MR) is 118 cm³/mol. The van der Waals surface area contributed by atoms with Gasteiger partial charge in [-0.25, -0.2) is 0 Å². The number of benzene rings is 2. The number of hydrogen-bond donors (Lipinski definition) is 2. The van der Waals surface area contributed by atoms with Gasteiger partial charge in [-0.05, 0) is 42.1 Å². The van der Waals surface area contributed by atoms with Crippen LogP contribution in [0.25, 0.3) is 10.8 Å². The van der Waals surface area contributed by atoms with Crippen molar-refractivity contribution in [3.8, 4) is 0 Å². The van der Waals surface area contributed by atoms with Gasteiger partial charge in [0.2, 0.25) is 0 Å². The van der Waals surface area contributed by atoms with E-state index in [4.69, 9.17) is 5.73 Å². The first-order valence-corrected chi connectivity index (χ1v) is 9.83. The molecule has 2 atom stereocenters. The molecule has 150 valence electrons. The van der Waals surface area contributed by atoms with E-state index in [1.807, 2.05) is 0 Å². The first-order valence-electron chi connectivity index (χ1n) is 9.83. The Hall–Kier alpha value is -0.840. The van der Waals surface area contributed by atoms with Crippen LogP contribution in [0.1, 0.15) is 50.0 Å². The number of fused-ring (bicyclic) bond motifs is 1. The summed E-state index contributed by atoms with van der Waals surface area (Å²) in [6.45, 7) is 2.93. The maximum atomic E-state index is 11.5. The first-order chi connectivity index (χ1) is 12.1. The molecule has 4 rings (SSSR count). The summed E-state index contributed by atoms with van der Waals surface area (Å²) in [7, 11) is 0. The molecule has 1 heterocycles. The molecule has 0 bridgehead atoms. The number of hydrogen-bond acceptors (Lipinski definition) is 3. The minimum absolute atomic E-state index is 0. The Balaban J connectivity index is 0.00000131. The van der Waals surface area contributed by atoms with Crippen LogP contribution in [-0.4, -0.2) is 41.3 Å². The van der Waals surface area contributed by atoms with Crippen LogP contribution >= 0.6 is 24.8 Å². The SMILES string of the molecule is Cl.Cl.N[C@@H]1CCN(CC(c2ccc3ccccc3c2)C2(O)CCCCC2)C1. The molecular formula is C22H32Cl2N2O. The summed E-state index contributed by atoms with van der Waals surface area (Å²) in [5.74, 6) is 0.169. The third kappa shape index (κ3) is 4.96. The van der Waals surface area contributed by atoms with E-state index in [1.165, 1.54) is 22.8 Å². The van der Waals surface area contributed by atoms with Crippen LogP contribution in [0.15, 0.2) is 42.5 Å². The van der Waals surface area contributed by atoms with Gasteiger partial charge in [-0.3, -0.25) is 0 Å². The number of rotatable bonds is 4. The molecule has 2 aliphatic rings. The predicted octanol–water partition coefficient (Wildman–Crippen LogP) is 4.50. The monoisotopic (exact) mass is 410 g/mol. The second kappa shape index (κ2) is 9.58. The fraction of sp³-hybridized carbons (Fsp3) is 0.545. The van der Waals surface area contributed by atoms with E-state index in [-0.39, 0.29) is 30.7 Å². The van der Waals surface area contributed by atoms with E-state index in [1.54, 1.807) is 0 Å². The van der Waals surface area contributed by atoms with Crippen molar-refractivity contribution in [2.24, 2.45) is 5.73 Å². The quantitative estimate of drug-likeness (QED) is 0.779. The van der Waals surface area contributed by atoms with Gasteiger partial charge in [0.15, 0.2) is 0 Å². The van der Waals surface area contributed by atoms with Crippen LogP contribution in [0.2, 0.25) is 0 Å². The zero-order valence-electron chi connectivity index (χ0n) is 15.8. The molecule has 1 aliphatic heterocycles. The van der Waals surface area contributed by atoms with Crippen LogP contribution < -0.4 is 5.73 Å². The van der Waals surface area contributed by atoms with Gasteiger partial charge in [-0.15, -0.1) is 24.8 Å². The van der Waals surface area contributed by atoms with E-state index in [0.29, 0.717) is 6.04 Å². The lowest BCUT2D eigenvalue weighted by Crippen LogP contribution is -2.44. The molecule has 2 fully saturated rings. The van der Waals surface area contributed by atoms with Crippen molar-refractivity contribution in [1.29, 1.82) is 0 Å². The molecule has 0 aromatic heterocycles. The molecule has 3 nitrogen and oxygen atoms in total. The molecule has 3 N–H and O–H groups in total. The fourth-order valence-corrected chi connectivity index (χ4v) is 4.81. The molecule has 5 heteroatoms. The van der Waals surface area contributed by atoms with Crippen molar-refractivity contribution in [3.05, 3.63) is 48.0 Å². The molecule has 0 radical (unpaired) electrons. The van der Waals surface area contributed by atoms with Crippen LogP contribution in [0, 0.1) is 0 Å². The fourth-order valence-electron chi connectivity index (χ4n) is 4.81. The molecule has 27 heavy (non-hydrogen) atoms. The Morgan fingerprint density at radius 2 is 1.74 bits per heavy atom. The summed E-state index contributed by atoms with van der Waals surface area (Å²) in [4.78, 5) is 2.46. The molecule has 1 aliphatic carbocycles. The van der Waals surface area contributed by atoms with Crippen molar-refractivity contribution < 1.29 is 5.11 Å². The zero-order valence-corrected chi connectivity index (χ0v) is 17.5. The minimum Gasteiger partial charge on any atom is -0.389 e. The van der Waals surface area contributed by atoms with E-state index in [9.17, 15) is 5.11 Å². The van der Waals surface area contributed by atoms with Crippen molar-refractivity contribution in [2.75, 3.05) is 19.6 Å². The van der Waals surface area contributed by atoms with Gasteiger partial charge >= 0.3 is 0 Å². The highest BCUT2D eigenvalue weighted by Gasteiger charge is 2.40. The van der Waals surface area contributed by atoms with Crippen molar-refractivity contribution in [3.63, 3.8) is 0 Å². The molecular weight excluding hydrogens is 379 g/mol. The average molecular weight is 411 g/mol. The van der Waals surface area contributed by atoms with E-state index < -0.39 is 5.60 Å². The second-order valence-corrected chi connectivity index (χ2v) is 8.13. The smallest absolute Gasteiger partial charge is 0.0728 e. The third-order valence-electron chi connectivity index (χ3n) is 6.29. The summed E-state index contributed by atoms with van der Waals surface area (Å²) < 4.78 is 0. The zero-order chi connectivity index (χ0) is 17.3. The maximum absolute atomic E-state index is 11.5. The summed E-state index contributed by atoms with van der Waals surface area (Å²) in [6.07, 6.45) is 6.44. The molecule has 2 aromatic rings. The van der Waals surface area contributed by atoms with Gasteiger partial charge in [0, 0.05) is 25.0 Å². The normalized spacial score (nSPS) is 23.4. The minimum atomic E-state index is -0.576. The van der Waals surface area contributed by atoms with Gasteiger partial charge in [-0.1, -0.05) is 61.7 Å². The summed E-state index contributed by atoms with van der Waals surface area (Å²) in [5.41, 5.74) is 6.83. The number of nitrogens with zero attached hydrogens (tertiary/aromatic N) is 1. The Bertz CT molecular complexity index is 733. The Morgan fingerprint density at radius 3 is 2.41 bits per heavy atom. The number of likely N-dealkylation sites (tertiary alicyclic amines) is 1. The molecule has 1 saturated carbocycles. The molecule has 1 saturated heterocycles. The van der Waals surface area contributed by atoms with Gasteiger partial charge in [0.05, 0.1) is 5.60 Å². The lowest BCUT2D eigenvalue weighted by atomic mass is 9.72. The van der Waals surface area contributed by atoms with Crippen molar-refractivity contribution >= 4 is 35.6 Å². The average Bonchev–Trinajstić information content (AvgIpc) is 3.05. The van der Waals surface area contributed by atoms with Gasteiger partial charge < -0.3 is 15.7 Å². The Kier molecular flexibility index (Phi) is 7.96. The van der Waals surface area contributed by atoms with E-state index in [2.05, 4.69) is 47.4 Å². The standard InChI is InChI=1S/C22H30N2O.2ClH/c23-20-10-13-24(15-20)16-21(22(25)11-4-1-5-12-22)19-9-8-17-6-2-3-7-18(17)14-19;;/h2-3,6-9,14,20-21,25H,1,4-5,10-13,15-16,23H2;2*1H/t20-,21?;;/m1../s1. The van der Waals surface area contributed by atoms with Gasteiger partial charge in [0.25, 0.3) is 0 Å². The molecule has 0 spiro atoms. The molecule has 0 amide bonds. The first kappa shape index (κ1) is 22.4. The highest BCUT2D eigenvalue weighted by atomic mass is 35.5. The molecule has 1 unspecified atom stereocenters. The highest BCUT2D eigenvalue weighted by molar-refractivity contribution is 5.85. The topological polar surface area (TPSA) is 49.5 Å². The lowest BCUT2D eigenvalue weighted by Gasteiger charge is -2.41. The maximum Gasteiger partial charge on any atom is 0.0728 e. The van der Waals surface area contributed by atoms with E-state index >= 15 is 0 Å². The van der Waals surface area contributed by atoms with Gasteiger partial charge in [0.1, 0.15) is 0 Å². The second-order valence-electron chi connectivity index (χ2n) is 8.13. The lowest BCUT2D eigenvalue weighted by molar-refractivity contribution is -0.0294. The number of halogens is 2. The van der Waals surface area contributed by atoms with E-state index in [0.717, 1.165) is 51.7 Å². The van der Waals surface area contributed by atoms with Crippen LogP contribution in [0.4, 0.5) is 0 Å². The molecule has 2 aromatic carbocycles. The highest BCUT2D eigenvalue weighted by Crippen LogP contribution is 2.41. The summed E-state index contributed by atoms with van der Waals surface area (Å²) >= 11 is 0. The largest absolute Gasteiger partial charge is 0.389 e. The summed E-state index contributed by atoms with van der Waals surface area (Å²) in [5, 5.41) is 14.1. The van der Waals surface area contributed by atoms with Crippen LogP contribution in [0.5, 0.6) is 0 Å².